The van der Waals surface area contributed by atoms with Crippen molar-refractivity contribution in [2.45, 2.75) is 82.8 Å². The molecule has 3 aliphatic heterocycles. The van der Waals surface area contributed by atoms with Gasteiger partial charge in [0.2, 0.25) is 0 Å². The number of pyridine rings is 1. The van der Waals surface area contributed by atoms with E-state index in [4.69, 9.17) is 35.3 Å². The fraction of sp³-hybridized carbons (Fsp3) is 0.472. The summed E-state index contributed by atoms with van der Waals surface area (Å²) in [6.45, 7) is 6.24. The molecular formula is C36H38ClF2N2NaO8. The number of carbonyl (C=O) groups excluding carboxylic acids is 2. The Morgan fingerprint density at radius 1 is 1.10 bits per heavy atom. The zero-order valence-corrected chi connectivity index (χ0v) is 31.3. The van der Waals surface area contributed by atoms with Crippen LogP contribution in [0.2, 0.25) is 5.02 Å². The summed E-state index contributed by atoms with van der Waals surface area (Å²) in [5, 5.41) is 11.8. The molecule has 1 amide bonds. The van der Waals surface area contributed by atoms with Gasteiger partial charge < -0.3 is 38.5 Å². The number of nitrogens with zero attached hydrogens (tertiary/aromatic N) is 2. The van der Waals surface area contributed by atoms with Gasteiger partial charge in [0.1, 0.15) is 23.8 Å². The largest absolute Gasteiger partial charge is 1.00 e. The van der Waals surface area contributed by atoms with Gasteiger partial charge in [-0.2, -0.15) is 0 Å². The van der Waals surface area contributed by atoms with Crippen LogP contribution in [0.1, 0.15) is 74.4 Å². The Labute approximate surface area is 316 Å². The quantitative estimate of drug-likeness (QED) is 0.242. The number of likely N-dealkylation sites (tertiary alicyclic amines) is 1. The second-order valence-electron chi connectivity index (χ2n) is 13.4. The third-order valence-corrected chi connectivity index (χ3v) is 9.29. The number of carbonyl (C=O) groups is 2. The van der Waals surface area contributed by atoms with Crippen molar-refractivity contribution < 1.29 is 76.7 Å². The van der Waals surface area contributed by atoms with Gasteiger partial charge in [0, 0.05) is 54.1 Å². The Morgan fingerprint density at radius 3 is 2.54 bits per heavy atom. The Hall–Kier alpha value is -3.00. The first-order valence-electron chi connectivity index (χ1n) is 16.4. The van der Waals surface area contributed by atoms with Crippen molar-refractivity contribution in [2.24, 2.45) is 0 Å². The SMILES string of the molecule is CC(C)(C)OC(=O)N1CCCC1[C@@]1(c2ccccc2)Cc2c(cc(F)c(Cl)c2-c2c(C(=O)[O-])cnc(OCCOC3CCCCO3)c2F)O1.[Na+]. The molecule has 0 saturated carbocycles. The number of halogens is 3. The summed E-state index contributed by atoms with van der Waals surface area (Å²) in [5.74, 6) is -4.37. The maximum atomic E-state index is 16.4. The molecule has 0 N–H and O–H groups in total. The number of carboxylic acid groups (broad SMARTS) is 1. The van der Waals surface area contributed by atoms with Gasteiger partial charge in [-0.05, 0) is 58.4 Å². The van der Waals surface area contributed by atoms with Crippen LogP contribution < -0.4 is 44.1 Å². The first-order valence-corrected chi connectivity index (χ1v) is 16.8. The van der Waals surface area contributed by atoms with Crippen LogP contribution in [0.4, 0.5) is 13.6 Å². The van der Waals surface area contributed by atoms with Crippen LogP contribution in [-0.2, 0) is 26.2 Å². The molecule has 2 aromatic carbocycles. The molecule has 10 nitrogen and oxygen atoms in total. The number of hydrogen-bond acceptors (Lipinski definition) is 9. The standard InChI is InChI=1S/C36H39ClF2N2O8.Na/c1-35(2,3)49-34(44)41-14-9-12-26(41)36(21-10-5-4-6-11-21)19-22-25(48-36)18-24(38)30(37)28(22)29-23(33(42)43)20-40-32(31(29)39)47-17-16-46-27-13-7-8-15-45-27;/h4-6,10-11,18,20,26-27H,7-9,12-17,19H2,1-3H3,(H,42,43);/q;+1/p-1/t26?,27?,36-;/m0./s1. The van der Waals surface area contributed by atoms with E-state index in [1.165, 1.54) is 0 Å². The average molecular weight is 723 g/mol. The Balaban J connectivity index is 0.00000486. The number of hydrogen-bond donors (Lipinski definition) is 0. The van der Waals surface area contributed by atoms with Crippen LogP contribution in [0.15, 0.2) is 42.6 Å². The number of benzene rings is 2. The van der Waals surface area contributed by atoms with Gasteiger partial charge in [0.25, 0.3) is 5.88 Å². The summed E-state index contributed by atoms with van der Waals surface area (Å²) >= 11 is 6.59. The maximum Gasteiger partial charge on any atom is 1.00 e. The summed E-state index contributed by atoms with van der Waals surface area (Å²) in [6, 6.07) is 9.64. The maximum absolute atomic E-state index is 16.4. The monoisotopic (exact) mass is 722 g/mol. The summed E-state index contributed by atoms with van der Waals surface area (Å²) < 4.78 is 61.3. The van der Waals surface area contributed by atoms with Gasteiger partial charge in [-0.1, -0.05) is 41.9 Å². The number of ether oxygens (including phenoxy) is 5. The molecule has 2 saturated heterocycles. The number of rotatable bonds is 9. The van der Waals surface area contributed by atoms with Crippen LogP contribution in [-0.4, -0.2) is 66.2 Å². The zero-order valence-electron chi connectivity index (χ0n) is 28.6. The van der Waals surface area contributed by atoms with Crippen molar-refractivity contribution in [3.63, 3.8) is 0 Å². The minimum absolute atomic E-state index is 0. The summed E-state index contributed by atoms with van der Waals surface area (Å²) in [4.78, 5) is 31.3. The van der Waals surface area contributed by atoms with E-state index in [-0.39, 0.29) is 66.1 Å². The fourth-order valence-corrected chi connectivity index (χ4v) is 7.11. The van der Waals surface area contributed by atoms with Gasteiger partial charge >= 0.3 is 35.7 Å². The van der Waals surface area contributed by atoms with E-state index in [0.717, 1.165) is 31.5 Å². The molecule has 3 aromatic rings. The number of fused-ring (bicyclic) bond motifs is 1. The summed E-state index contributed by atoms with van der Waals surface area (Å²) in [7, 11) is 0. The summed E-state index contributed by atoms with van der Waals surface area (Å²) in [5.41, 5.74) is -2.55. The third kappa shape index (κ3) is 7.75. The molecule has 6 rings (SSSR count). The Bertz CT molecular complexity index is 1720. The van der Waals surface area contributed by atoms with E-state index in [2.05, 4.69) is 4.98 Å². The van der Waals surface area contributed by atoms with Crippen LogP contribution in [0.25, 0.3) is 11.1 Å². The van der Waals surface area contributed by atoms with Gasteiger partial charge in [-0.3, -0.25) is 0 Å². The van der Waals surface area contributed by atoms with E-state index in [9.17, 15) is 14.7 Å². The van der Waals surface area contributed by atoms with Gasteiger partial charge in [-0.25, -0.2) is 18.6 Å². The molecule has 2 fully saturated rings. The van der Waals surface area contributed by atoms with Crippen molar-refractivity contribution in [2.75, 3.05) is 26.4 Å². The van der Waals surface area contributed by atoms with Crippen molar-refractivity contribution in [3.8, 4) is 22.8 Å². The molecule has 0 aliphatic carbocycles. The number of aromatic carboxylic acids is 1. The third-order valence-electron chi connectivity index (χ3n) is 8.92. The van der Waals surface area contributed by atoms with Crippen LogP contribution in [0, 0.1) is 11.6 Å². The van der Waals surface area contributed by atoms with Crippen molar-refractivity contribution in [1.82, 2.24) is 9.88 Å². The average Bonchev–Trinajstić information content (AvgIpc) is 3.71. The predicted molar refractivity (Wildman–Crippen MR) is 172 cm³/mol. The van der Waals surface area contributed by atoms with E-state index in [1.807, 2.05) is 30.3 Å². The number of amides is 1. The van der Waals surface area contributed by atoms with Crippen LogP contribution in [0.5, 0.6) is 11.6 Å². The molecule has 4 heterocycles. The van der Waals surface area contributed by atoms with Crippen LogP contribution >= 0.6 is 11.6 Å². The second kappa shape index (κ2) is 15.7. The van der Waals surface area contributed by atoms with E-state index >= 15 is 8.78 Å². The number of aromatic nitrogens is 1. The Kier molecular flexibility index (Phi) is 12.0. The van der Waals surface area contributed by atoms with Gasteiger partial charge in [0.05, 0.1) is 23.6 Å². The zero-order chi connectivity index (χ0) is 34.9. The molecule has 14 heteroatoms. The molecule has 0 spiro atoms. The Morgan fingerprint density at radius 2 is 1.86 bits per heavy atom. The van der Waals surface area contributed by atoms with Crippen molar-refractivity contribution >= 4 is 23.7 Å². The van der Waals surface area contributed by atoms with Gasteiger partial charge in [0.15, 0.2) is 17.7 Å². The molecular weight excluding hydrogens is 685 g/mol. The van der Waals surface area contributed by atoms with E-state index in [1.54, 1.807) is 25.7 Å². The molecule has 0 bridgehead atoms. The molecule has 3 atom stereocenters. The van der Waals surface area contributed by atoms with E-state index < -0.39 is 69.3 Å². The first-order chi connectivity index (χ1) is 23.4. The molecule has 1 aromatic heterocycles. The normalized spacial score (nSPS) is 21.6. The first kappa shape index (κ1) is 38.2. The smallest absolute Gasteiger partial charge is 0.545 e. The van der Waals surface area contributed by atoms with E-state index in [0.29, 0.717) is 31.6 Å². The molecule has 262 valence electrons. The second-order valence-corrected chi connectivity index (χ2v) is 13.7. The van der Waals surface area contributed by atoms with Crippen LogP contribution in [0.3, 0.4) is 0 Å². The minimum Gasteiger partial charge on any atom is -0.545 e. The van der Waals surface area contributed by atoms with Crippen molar-refractivity contribution in [1.29, 1.82) is 0 Å². The molecule has 3 aliphatic rings. The fourth-order valence-electron chi connectivity index (χ4n) is 6.84. The molecule has 2 unspecified atom stereocenters. The summed E-state index contributed by atoms with van der Waals surface area (Å²) in [6.07, 6.45) is 3.76. The molecule has 0 radical (unpaired) electrons. The predicted octanol–water partition coefficient (Wildman–Crippen LogP) is 3.20. The van der Waals surface area contributed by atoms with Gasteiger partial charge in [-0.15, -0.1) is 0 Å². The topological polar surface area (TPSA) is 119 Å². The minimum atomic E-state index is -1.75. The number of carboxylic acids is 1. The molecule has 50 heavy (non-hydrogen) atoms. The van der Waals surface area contributed by atoms with Crippen molar-refractivity contribution in [3.05, 3.63) is 75.9 Å².